The summed E-state index contributed by atoms with van der Waals surface area (Å²) in [6.07, 6.45) is 0. The summed E-state index contributed by atoms with van der Waals surface area (Å²) in [5.41, 5.74) is 1.82. The number of nitrogens with zero attached hydrogens (tertiary/aromatic N) is 3. The molecule has 2 rings (SSSR count). The second-order valence-corrected chi connectivity index (χ2v) is 5.26. The van der Waals surface area contributed by atoms with E-state index in [1.54, 1.807) is 7.05 Å². The number of benzene rings is 1. The summed E-state index contributed by atoms with van der Waals surface area (Å²) in [4.78, 5) is 13.4. The van der Waals surface area contributed by atoms with E-state index in [2.05, 4.69) is 6.07 Å². The molecule has 1 aromatic carbocycles. The van der Waals surface area contributed by atoms with Gasteiger partial charge in [0.25, 0.3) is 0 Å². The zero-order chi connectivity index (χ0) is 14.2. The molecule has 1 heterocycles. The number of rotatable bonds is 3. The Bertz CT molecular complexity index is 704. The van der Waals surface area contributed by atoms with Crippen molar-refractivity contribution in [1.29, 1.82) is 5.26 Å². The lowest BCUT2D eigenvalue weighted by molar-refractivity contribution is 0.203. The molecule has 0 aliphatic rings. The van der Waals surface area contributed by atoms with Crippen LogP contribution in [0.4, 0.5) is 0 Å². The van der Waals surface area contributed by atoms with Crippen LogP contribution in [0.3, 0.4) is 0 Å². The number of fused-ring (bicyclic) bond motifs is 1. The van der Waals surface area contributed by atoms with Crippen LogP contribution in [0.25, 0.3) is 11.1 Å². The molecule has 0 saturated heterocycles. The smallest absolute Gasteiger partial charge is 0.408 e. The van der Waals surface area contributed by atoms with Gasteiger partial charge in [-0.05, 0) is 38.6 Å². The summed E-state index contributed by atoms with van der Waals surface area (Å²) in [5, 5.41) is 9.10. The summed E-state index contributed by atoms with van der Waals surface area (Å²) in [6, 6.07) is 7.92. The number of hydrogen-bond acceptors (Lipinski definition) is 4. The predicted octanol–water partition coefficient (Wildman–Crippen LogP) is 1.87. The molecule has 19 heavy (non-hydrogen) atoms. The van der Waals surface area contributed by atoms with E-state index in [9.17, 15) is 4.79 Å². The zero-order valence-electron chi connectivity index (χ0n) is 11.6. The van der Waals surface area contributed by atoms with E-state index < -0.39 is 5.54 Å². The third-order valence-electron chi connectivity index (χ3n) is 3.50. The first-order valence-corrected chi connectivity index (χ1v) is 6.06. The number of aromatic nitrogens is 1. The van der Waals surface area contributed by atoms with Crippen LogP contribution in [0.5, 0.6) is 0 Å². The summed E-state index contributed by atoms with van der Waals surface area (Å²) in [7, 11) is 3.58. The molecule has 5 nitrogen and oxygen atoms in total. The molecule has 0 unspecified atom stereocenters. The van der Waals surface area contributed by atoms with Gasteiger partial charge in [-0.1, -0.05) is 6.07 Å². The van der Waals surface area contributed by atoms with E-state index in [0.29, 0.717) is 12.1 Å². The first-order chi connectivity index (χ1) is 8.85. The molecule has 0 aliphatic heterocycles. The van der Waals surface area contributed by atoms with Crippen molar-refractivity contribution in [3.8, 4) is 6.07 Å². The highest BCUT2D eigenvalue weighted by Gasteiger charge is 2.22. The van der Waals surface area contributed by atoms with Crippen molar-refractivity contribution in [1.82, 2.24) is 9.47 Å². The average Bonchev–Trinajstić information content (AvgIpc) is 2.64. The molecule has 1 aromatic heterocycles. The molecule has 0 aliphatic carbocycles. The van der Waals surface area contributed by atoms with Crippen LogP contribution in [0.2, 0.25) is 0 Å². The Labute approximate surface area is 111 Å². The third kappa shape index (κ3) is 2.40. The molecule has 0 fully saturated rings. The van der Waals surface area contributed by atoms with E-state index in [-0.39, 0.29) is 5.76 Å². The monoisotopic (exact) mass is 259 g/mol. The summed E-state index contributed by atoms with van der Waals surface area (Å²) in [5.74, 6) is -0.363. The summed E-state index contributed by atoms with van der Waals surface area (Å²) >= 11 is 0. The molecule has 0 bridgehead atoms. The molecule has 0 spiro atoms. The van der Waals surface area contributed by atoms with Gasteiger partial charge in [-0.15, -0.1) is 0 Å². The molecule has 5 heteroatoms. The van der Waals surface area contributed by atoms with Crippen LogP contribution in [0.15, 0.2) is 27.4 Å². The maximum atomic E-state index is 11.4. The molecule has 0 N–H and O–H groups in total. The van der Waals surface area contributed by atoms with Gasteiger partial charge in [0, 0.05) is 13.6 Å². The SMILES string of the molecule is CN(Cc1ccc2c(c1)oc(=O)n2C)C(C)(C)C#N. The minimum Gasteiger partial charge on any atom is -0.408 e. The Hall–Kier alpha value is -2.06. The summed E-state index contributed by atoms with van der Waals surface area (Å²) in [6.45, 7) is 4.36. The first kappa shape index (κ1) is 13.4. The van der Waals surface area contributed by atoms with Crippen LogP contribution < -0.4 is 5.76 Å². The Balaban J connectivity index is 2.33. The van der Waals surface area contributed by atoms with E-state index >= 15 is 0 Å². The molecule has 0 atom stereocenters. The largest absolute Gasteiger partial charge is 0.419 e. The molecule has 100 valence electrons. The maximum Gasteiger partial charge on any atom is 0.419 e. The van der Waals surface area contributed by atoms with Crippen molar-refractivity contribution in [2.45, 2.75) is 25.9 Å². The molecule has 0 amide bonds. The molecule has 0 saturated carbocycles. The number of hydrogen-bond donors (Lipinski definition) is 0. The van der Waals surface area contributed by atoms with Crippen molar-refractivity contribution in [2.24, 2.45) is 7.05 Å². The second-order valence-electron chi connectivity index (χ2n) is 5.26. The van der Waals surface area contributed by atoms with E-state index in [1.165, 1.54) is 4.57 Å². The molecular formula is C14H17N3O2. The van der Waals surface area contributed by atoms with E-state index in [1.807, 2.05) is 44.0 Å². The lowest BCUT2D eigenvalue weighted by Crippen LogP contribution is -2.38. The molecule has 0 radical (unpaired) electrons. The van der Waals surface area contributed by atoms with Crippen molar-refractivity contribution in [3.63, 3.8) is 0 Å². The van der Waals surface area contributed by atoms with Gasteiger partial charge in [-0.25, -0.2) is 4.79 Å². The van der Waals surface area contributed by atoms with Gasteiger partial charge in [0.15, 0.2) is 5.58 Å². The highest BCUT2D eigenvalue weighted by atomic mass is 16.4. The van der Waals surface area contributed by atoms with Crippen molar-refractivity contribution >= 4 is 11.1 Å². The third-order valence-corrected chi connectivity index (χ3v) is 3.50. The Morgan fingerprint density at radius 2 is 2.16 bits per heavy atom. The number of aryl methyl sites for hydroxylation is 1. The summed E-state index contributed by atoms with van der Waals surface area (Å²) < 4.78 is 6.63. The highest BCUT2D eigenvalue weighted by Crippen LogP contribution is 2.18. The fraction of sp³-hybridized carbons (Fsp3) is 0.429. The number of oxazole rings is 1. The topological polar surface area (TPSA) is 62.2 Å². The van der Waals surface area contributed by atoms with Crippen molar-refractivity contribution < 1.29 is 4.42 Å². The Morgan fingerprint density at radius 3 is 2.79 bits per heavy atom. The quantitative estimate of drug-likeness (QED) is 0.844. The lowest BCUT2D eigenvalue weighted by Gasteiger charge is -2.28. The normalized spacial score (nSPS) is 12.0. The van der Waals surface area contributed by atoms with E-state index in [0.717, 1.165) is 11.1 Å². The zero-order valence-corrected chi connectivity index (χ0v) is 11.6. The first-order valence-electron chi connectivity index (χ1n) is 6.06. The van der Waals surface area contributed by atoms with Crippen LogP contribution in [0.1, 0.15) is 19.4 Å². The van der Waals surface area contributed by atoms with Gasteiger partial charge in [0.1, 0.15) is 5.54 Å². The fourth-order valence-electron chi connectivity index (χ4n) is 1.83. The van der Waals surface area contributed by atoms with Crippen molar-refractivity contribution in [2.75, 3.05) is 7.05 Å². The van der Waals surface area contributed by atoms with Gasteiger partial charge < -0.3 is 4.42 Å². The van der Waals surface area contributed by atoms with Gasteiger partial charge in [-0.2, -0.15) is 5.26 Å². The lowest BCUT2D eigenvalue weighted by atomic mass is 10.0. The van der Waals surface area contributed by atoms with Gasteiger partial charge >= 0.3 is 5.76 Å². The van der Waals surface area contributed by atoms with Crippen LogP contribution in [0, 0.1) is 11.3 Å². The molecule has 2 aromatic rings. The number of nitriles is 1. The Morgan fingerprint density at radius 1 is 1.47 bits per heavy atom. The van der Waals surface area contributed by atoms with Gasteiger partial charge in [-0.3, -0.25) is 9.47 Å². The fourth-order valence-corrected chi connectivity index (χ4v) is 1.83. The predicted molar refractivity (Wildman–Crippen MR) is 72.6 cm³/mol. The minimum atomic E-state index is -0.535. The van der Waals surface area contributed by atoms with E-state index in [4.69, 9.17) is 9.68 Å². The van der Waals surface area contributed by atoms with Crippen molar-refractivity contribution in [3.05, 3.63) is 34.3 Å². The average molecular weight is 259 g/mol. The molecular weight excluding hydrogens is 242 g/mol. The van der Waals surface area contributed by atoms with Gasteiger partial charge in [0.2, 0.25) is 0 Å². The van der Waals surface area contributed by atoms with Crippen LogP contribution in [-0.4, -0.2) is 22.1 Å². The second kappa shape index (κ2) is 4.56. The van der Waals surface area contributed by atoms with Crippen LogP contribution in [-0.2, 0) is 13.6 Å². The van der Waals surface area contributed by atoms with Crippen LogP contribution >= 0.6 is 0 Å². The minimum absolute atomic E-state index is 0.363. The Kier molecular flexibility index (Phi) is 3.21. The standard InChI is InChI=1S/C14H17N3O2/c1-14(2,9-15)16(3)8-10-5-6-11-12(7-10)19-13(18)17(11)4/h5-7H,8H2,1-4H3. The van der Waals surface area contributed by atoms with Gasteiger partial charge in [0.05, 0.1) is 11.6 Å². The maximum absolute atomic E-state index is 11.4. The highest BCUT2D eigenvalue weighted by molar-refractivity contribution is 5.73.